The molecule has 1 aliphatic rings. The molecule has 0 radical (unpaired) electrons. The third kappa shape index (κ3) is 5.05. The summed E-state index contributed by atoms with van der Waals surface area (Å²) in [7, 11) is 0. The molecule has 1 amide bonds. The maximum absolute atomic E-state index is 12.0. The first-order valence-electron chi connectivity index (χ1n) is 7.32. The maximum atomic E-state index is 12.0. The van der Waals surface area contributed by atoms with Crippen LogP contribution in [0.2, 0.25) is 5.02 Å². The molecule has 1 aromatic rings. The molecule has 0 bridgehead atoms. The number of halogens is 1. The van der Waals surface area contributed by atoms with Crippen molar-refractivity contribution in [3.8, 4) is 5.75 Å². The van der Waals surface area contributed by atoms with Crippen molar-refractivity contribution in [3.63, 3.8) is 0 Å². The summed E-state index contributed by atoms with van der Waals surface area (Å²) in [6.07, 6.45) is 3.62. The van der Waals surface area contributed by atoms with E-state index >= 15 is 0 Å². The number of rotatable bonds is 4. The summed E-state index contributed by atoms with van der Waals surface area (Å²) < 4.78 is 5.55. The van der Waals surface area contributed by atoms with Gasteiger partial charge in [-0.25, -0.2) is 5.43 Å². The van der Waals surface area contributed by atoms with E-state index in [2.05, 4.69) is 17.5 Å². The van der Waals surface area contributed by atoms with E-state index < -0.39 is 6.10 Å². The molecule has 0 aliphatic heterocycles. The molecule has 1 fully saturated rings. The van der Waals surface area contributed by atoms with Crippen LogP contribution in [0.5, 0.6) is 5.75 Å². The highest BCUT2D eigenvalue weighted by molar-refractivity contribution is 6.30. The zero-order valence-electron chi connectivity index (χ0n) is 12.4. The normalized spacial score (nSPS) is 19.8. The zero-order valence-corrected chi connectivity index (χ0v) is 13.2. The van der Waals surface area contributed by atoms with Gasteiger partial charge in [-0.05, 0) is 62.8 Å². The summed E-state index contributed by atoms with van der Waals surface area (Å²) in [4.78, 5) is 12.0. The summed E-state index contributed by atoms with van der Waals surface area (Å²) in [5.41, 5.74) is 3.67. The Morgan fingerprint density at radius 2 is 1.95 bits per heavy atom. The fourth-order valence-corrected chi connectivity index (χ4v) is 2.33. The number of nitrogens with zero attached hydrogens (tertiary/aromatic N) is 1. The van der Waals surface area contributed by atoms with Gasteiger partial charge in [-0.3, -0.25) is 4.79 Å². The van der Waals surface area contributed by atoms with Crippen LogP contribution in [0, 0.1) is 5.92 Å². The van der Waals surface area contributed by atoms with Crippen molar-refractivity contribution in [3.05, 3.63) is 29.3 Å². The minimum absolute atomic E-state index is 0.240. The fourth-order valence-electron chi connectivity index (χ4n) is 2.20. The summed E-state index contributed by atoms with van der Waals surface area (Å²) in [5, 5.41) is 4.85. The van der Waals surface area contributed by atoms with Gasteiger partial charge in [-0.1, -0.05) is 18.5 Å². The van der Waals surface area contributed by atoms with Gasteiger partial charge >= 0.3 is 0 Å². The number of ether oxygens (including phenoxy) is 1. The molecule has 21 heavy (non-hydrogen) atoms. The van der Waals surface area contributed by atoms with Gasteiger partial charge in [0.05, 0.1) is 0 Å². The Balaban J connectivity index is 1.82. The molecule has 1 aromatic carbocycles. The van der Waals surface area contributed by atoms with Gasteiger partial charge in [0, 0.05) is 10.7 Å². The van der Waals surface area contributed by atoms with Crippen LogP contribution in [0.25, 0.3) is 0 Å². The summed E-state index contributed by atoms with van der Waals surface area (Å²) in [6, 6.07) is 6.93. The van der Waals surface area contributed by atoms with Crippen LogP contribution >= 0.6 is 11.6 Å². The number of amides is 1. The lowest BCUT2D eigenvalue weighted by Gasteiger charge is -2.19. The average Bonchev–Trinajstić information content (AvgIpc) is 2.48. The van der Waals surface area contributed by atoms with E-state index in [0.717, 1.165) is 37.3 Å². The van der Waals surface area contributed by atoms with Crippen molar-refractivity contribution in [2.24, 2.45) is 11.0 Å². The van der Waals surface area contributed by atoms with Gasteiger partial charge in [0.2, 0.25) is 0 Å². The average molecular weight is 309 g/mol. The minimum atomic E-state index is -0.599. The van der Waals surface area contributed by atoms with Crippen LogP contribution in [0.3, 0.4) is 0 Å². The quantitative estimate of drug-likeness (QED) is 0.860. The third-order valence-corrected chi connectivity index (χ3v) is 3.92. The predicted octanol–water partition coefficient (Wildman–Crippen LogP) is 3.79. The topological polar surface area (TPSA) is 50.7 Å². The smallest absolute Gasteiger partial charge is 0.280 e. The maximum Gasteiger partial charge on any atom is 0.280 e. The fraction of sp³-hybridized carbons (Fsp3) is 0.500. The van der Waals surface area contributed by atoms with E-state index in [1.807, 2.05) is 0 Å². The van der Waals surface area contributed by atoms with Crippen molar-refractivity contribution in [1.29, 1.82) is 0 Å². The molecular weight excluding hydrogens is 288 g/mol. The van der Waals surface area contributed by atoms with Gasteiger partial charge in [0.25, 0.3) is 5.91 Å². The Labute approximate surface area is 130 Å². The first-order valence-corrected chi connectivity index (χ1v) is 7.70. The van der Waals surface area contributed by atoms with Crippen LogP contribution in [-0.2, 0) is 4.79 Å². The number of hydrogen-bond acceptors (Lipinski definition) is 3. The second-order valence-electron chi connectivity index (χ2n) is 5.55. The molecule has 0 spiro atoms. The molecule has 2 rings (SSSR count). The molecule has 1 saturated carbocycles. The van der Waals surface area contributed by atoms with E-state index in [1.165, 1.54) is 0 Å². The molecule has 1 atom stereocenters. The first-order chi connectivity index (χ1) is 10.0. The third-order valence-electron chi connectivity index (χ3n) is 3.67. The number of carbonyl (C=O) groups is 1. The number of benzene rings is 1. The van der Waals surface area contributed by atoms with Gasteiger partial charge in [-0.15, -0.1) is 0 Å². The Hall–Kier alpha value is -1.55. The van der Waals surface area contributed by atoms with Crippen molar-refractivity contribution in [2.75, 3.05) is 0 Å². The number of nitrogens with one attached hydrogen (secondary N) is 1. The molecule has 0 aromatic heterocycles. The minimum Gasteiger partial charge on any atom is -0.481 e. The van der Waals surface area contributed by atoms with Crippen LogP contribution in [-0.4, -0.2) is 17.7 Å². The predicted molar refractivity (Wildman–Crippen MR) is 84.8 cm³/mol. The highest BCUT2D eigenvalue weighted by Gasteiger charge is 2.16. The van der Waals surface area contributed by atoms with Gasteiger partial charge in [-0.2, -0.15) is 5.10 Å². The molecule has 5 heteroatoms. The Kier molecular flexibility index (Phi) is 5.62. The molecule has 0 heterocycles. The number of hydrogen-bond donors (Lipinski definition) is 1. The molecule has 1 N–H and O–H groups in total. The molecule has 0 unspecified atom stereocenters. The monoisotopic (exact) mass is 308 g/mol. The van der Waals surface area contributed by atoms with E-state index in [1.54, 1.807) is 31.2 Å². The van der Waals surface area contributed by atoms with E-state index in [-0.39, 0.29) is 5.91 Å². The standard InChI is InChI=1S/C16H21ClN2O2/c1-11-3-7-14(8-4-11)18-19-16(20)12(2)21-15-9-5-13(17)6-10-15/h5-6,9-12H,3-4,7-8H2,1-2H3,(H,19,20)/t11?,12-/m0/s1. The van der Waals surface area contributed by atoms with Crippen LogP contribution in [0.4, 0.5) is 0 Å². The number of carbonyl (C=O) groups excluding carboxylic acids is 1. The van der Waals surface area contributed by atoms with Crippen LogP contribution in [0.1, 0.15) is 39.5 Å². The van der Waals surface area contributed by atoms with E-state index in [9.17, 15) is 4.79 Å². The second-order valence-corrected chi connectivity index (χ2v) is 5.99. The highest BCUT2D eigenvalue weighted by Crippen LogP contribution is 2.21. The second kappa shape index (κ2) is 7.46. The Morgan fingerprint density at radius 1 is 1.33 bits per heavy atom. The highest BCUT2D eigenvalue weighted by atomic mass is 35.5. The summed E-state index contributed by atoms with van der Waals surface area (Å²) in [5.74, 6) is 1.13. The van der Waals surface area contributed by atoms with Crippen molar-refractivity contribution < 1.29 is 9.53 Å². The lowest BCUT2D eigenvalue weighted by atomic mass is 9.90. The van der Waals surface area contributed by atoms with Gasteiger partial charge in [0.1, 0.15) is 5.75 Å². The van der Waals surface area contributed by atoms with Crippen molar-refractivity contribution in [1.82, 2.24) is 5.43 Å². The molecule has 0 saturated heterocycles. The van der Waals surface area contributed by atoms with Crippen LogP contribution < -0.4 is 10.2 Å². The number of hydrazone groups is 1. The summed E-state index contributed by atoms with van der Waals surface area (Å²) in [6.45, 7) is 3.95. The molecule has 4 nitrogen and oxygen atoms in total. The van der Waals surface area contributed by atoms with Gasteiger partial charge < -0.3 is 4.74 Å². The van der Waals surface area contributed by atoms with Crippen molar-refractivity contribution >= 4 is 23.2 Å². The summed E-state index contributed by atoms with van der Waals surface area (Å²) >= 11 is 5.80. The zero-order chi connectivity index (χ0) is 15.2. The first kappa shape index (κ1) is 15.8. The largest absolute Gasteiger partial charge is 0.481 e. The lowest BCUT2D eigenvalue weighted by molar-refractivity contribution is -0.127. The van der Waals surface area contributed by atoms with E-state index in [4.69, 9.17) is 16.3 Å². The Bertz CT molecular complexity index is 504. The molecule has 1 aliphatic carbocycles. The van der Waals surface area contributed by atoms with Crippen molar-refractivity contribution in [2.45, 2.75) is 45.6 Å². The Morgan fingerprint density at radius 3 is 2.57 bits per heavy atom. The van der Waals surface area contributed by atoms with E-state index in [0.29, 0.717) is 10.8 Å². The SMILES string of the molecule is CC1CCC(=NNC(=O)[C@H](C)Oc2ccc(Cl)cc2)CC1. The molecule has 114 valence electrons. The van der Waals surface area contributed by atoms with Gasteiger partial charge in [0.15, 0.2) is 6.10 Å². The lowest BCUT2D eigenvalue weighted by Crippen LogP contribution is -2.34. The molecular formula is C16H21ClN2O2. The van der Waals surface area contributed by atoms with Crippen LogP contribution in [0.15, 0.2) is 29.4 Å².